The number of rotatable bonds is 8. The molecule has 1 fully saturated rings. The number of methoxy groups -OCH3 is 1. The Balaban J connectivity index is 1.29. The summed E-state index contributed by atoms with van der Waals surface area (Å²) >= 11 is 1.25. The zero-order valence-corrected chi connectivity index (χ0v) is 21.1. The number of aromatic nitrogens is 1. The largest absolute Gasteiger partial charge is 0.497 e. The maximum absolute atomic E-state index is 13.5. The highest BCUT2D eigenvalue weighted by atomic mass is 32.1. The fourth-order valence-electron chi connectivity index (χ4n) is 3.86. The summed E-state index contributed by atoms with van der Waals surface area (Å²) in [6.45, 7) is -1.36. The lowest BCUT2D eigenvalue weighted by atomic mass is 10.1. The third kappa shape index (κ3) is 6.49. The van der Waals surface area contributed by atoms with Crippen LogP contribution < -0.4 is 15.4 Å². The fraction of sp³-hybridized carbons (Fsp3) is 0.269. The van der Waals surface area contributed by atoms with Gasteiger partial charge in [0.1, 0.15) is 17.5 Å². The maximum atomic E-state index is 13.5. The van der Waals surface area contributed by atoms with Crippen molar-refractivity contribution in [2.24, 2.45) is 0 Å². The van der Waals surface area contributed by atoms with Crippen LogP contribution in [0.4, 0.5) is 14.5 Å². The van der Waals surface area contributed by atoms with Crippen molar-refractivity contribution in [1.82, 2.24) is 15.2 Å². The third-order valence-corrected chi connectivity index (χ3v) is 6.69. The Hall–Kier alpha value is -4.37. The van der Waals surface area contributed by atoms with Gasteiger partial charge in [0, 0.05) is 29.5 Å². The van der Waals surface area contributed by atoms with Crippen LogP contribution in [0.3, 0.4) is 0 Å². The smallest absolute Gasteiger partial charge is 0.271 e. The van der Waals surface area contributed by atoms with Crippen LogP contribution in [0.2, 0.25) is 0 Å². The van der Waals surface area contributed by atoms with Gasteiger partial charge in [-0.15, -0.1) is 11.3 Å². The molecule has 196 valence electrons. The molecule has 0 aliphatic carbocycles. The van der Waals surface area contributed by atoms with Crippen LogP contribution in [0, 0.1) is 11.3 Å². The number of likely N-dealkylation sites (tertiary alicyclic amines) is 1. The quantitative estimate of drug-likeness (QED) is 0.452. The number of benzene rings is 2. The van der Waals surface area contributed by atoms with Crippen LogP contribution in [0.5, 0.6) is 5.75 Å². The number of amides is 3. The first kappa shape index (κ1) is 26.7. The second kappa shape index (κ2) is 11.4. The highest BCUT2D eigenvalue weighted by molar-refractivity contribution is 7.09. The van der Waals surface area contributed by atoms with E-state index < -0.39 is 43.3 Å². The van der Waals surface area contributed by atoms with E-state index in [1.165, 1.54) is 16.7 Å². The number of hydrogen-bond acceptors (Lipinski definition) is 7. The summed E-state index contributed by atoms with van der Waals surface area (Å²) in [6, 6.07) is 14.4. The lowest BCUT2D eigenvalue weighted by Gasteiger charge is -2.19. The highest BCUT2D eigenvalue weighted by Crippen LogP contribution is 2.31. The molecule has 1 saturated heterocycles. The lowest BCUT2D eigenvalue weighted by molar-refractivity contribution is -0.131. The standard InChI is InChI=1S/C26H23F2N5O4S/c1-37-20-8-6-18(7-9-20)31-24(35)17-4-2-16(3-5-17)10-22-32-21(14-38-22)25(36)30-13-23(34)33-15-26(27,28)11-19(33)12-29/h2-9,14,19H,10-11,13,15H2,1H3,(H,30,36)(H,31,35)/t19-/m0/s1. The minimum absolute atomic E-state index is 0.0943. The molecule has 38 heavy (non-hydrogen) atoms. The number of ether oxygens (including phenoxy) is 1. The Kier molecular flexibility index (Phi) is 7.97. The molecule has 0 radical (unpaired) electrons. The molecule has 0 bridgehead atoms. The van der Waals surface area contributed by atoms with Gasteiger partial charge in [-0.1, -0.05) is 12.1 Å². The maximum Gasteiger partial charge on any atom is 0.271 e. The van der Waals surface area contributed by atoms with Crippen molar-refractivity contribution in [2.75, 3.05) is 25.5 Å². The number of alkyl halides is 2. The average molecular weight is 540 g/mol. The number of hydrogen-bond donors (Lipinski definition) is 2. The summed E-state index contributed by atoms with van der Waals surface area (Å²) in [5.74, 6) is -4.07. The molecular weight excluding hydrogens is 516 g/mol. The van der Waals surface area contributed by atoms with E-state index in [1.54, 1.807) is 61.7 Å². The minimum Gasteiger partial charge on any atom is -0.497 e. The minimum atomic E-state index is -3.12. The second-order valence-electron chi connectivity index (χ2n) is 8.59. The number of nitriles is 1. The predicted octanol–water partition coefficient (Wildman–Crippen LogP) is 3.48. The SMILES string of the molecule is COc1ccc(NC(=O)c2ccc(Cc3nc(C(=O)NCC(=O)N4CC(F)(F)C[C@H]4C#N)cs3)cc2)cc1. The van der Waals surface area contributed by atoms with Gasteiger partial charge in [-0.2, -0.15) is 5.26 Å². The summed E-state index contributed by atoms with van der Waals surface area (Å²) in [5, 5.41) is 16.4. The topological polar surface area (TPSA) is 124 Å². The van der Waals surface area contributed by atoms with Crippen molar-refractivity contribution in [2.45, 2.75) is 24.8 Å². The van der Waals surface area contributed by atoms with Crippen molar-refractivity contribution >= 4 is 34.7 Å². The van der Waals surface area contributed by atoms with E-state index in [0.29, 0.717) is 28.4 Å². The summed E-state index contributed by atoms with van der Waals surface area (Å²) in [6.07, 6.45) is -0.295. The first-order valence-electron chi connectivity index (χ1n) is 11.5. The molecular formula is C26H23F2N5O4S. The van der Waals surface area contributed by atoms with Gasteiger partial charge in [0.25, 0.3) is 17.7 Å². The van der Waals surface area contributed by atoms with Crippen molar-refractivity contribution in [3.05, 3.63) is 75.7 Å². The van der Waals surface area contributed by atoms with Crippen LogP contribution in [-0.2, 0) is 11.2 Å². The molecule has 1 aliphatic rings. The average Bonchev–Trinajstić information content (AvgIpc) is 3.51. The molecule has 0 unspecified atom stereocenters. The predicted molar refractivity (Wildman–Crippen MR) is 135 cm³/mol. The highest BCUT2D eigenvalue weighted by Gasteiger charge is 2.47. The molecule has 3 aromatic rings. The number of carbonyl (C=O) groups excluding carboxylic acids is 3. The van der Waals surface area contributed by atoms with Crippen molar-refractivity contribution in [3.8, 4) is 11.8 Å². The molecule has 4 rings (SSSR count). The van der Waals surface area contributed by atoms with Gasteiger partial charge in [0.05, 0.1) is 31.3 Å². The first-order valence-corrected chi connectivity index (χ1v) is 12.4. The summed E-state index contributed by atoms with van der Waals surface area (Å²) in [4.78, 5) is 42.2. The van der Waals surface area contributed by atoms with Crippen molar-refractivity contribution in [3.63, 3.8) is 0 Å². The third-order valence-electron chi connectivity index (χ3n) is 5.84. The molecule has 0 spiro atoms. The number of halogens is 2. The van der Waals surface area contributed by atoms with Crippen LogP contribution in [0.15, 0.2) is 53.9 Å². The zero-order valence-electron chi connectivity index (χ0n) is 20.2. The van der Waals surface area contributed by atoms with Crippen LogP contribution in [0.25, 0.3) is 0 Å². The molecule has 1 aromatic heterocycles. The first-order chi connectivity index (χ1) is 18.2. The summed E-state index contributed by atoms with van der Waals surface area (Å²) in [5.41, 5.74) is 2.08. The van der Waals surface area contributed by atoms with E-state index in [0.717, 1.165) is 10.5 Å². The number of nitrogens with one attached hydrogen (secondary N) is 2. The molecule has 1 aliphatic heterocycles. The normalized spacial score (nSPS) is 15.9. The fourth-order valence-corrected chi connectivity index (χ4v) is 4.67. The number of anilines is 1. The van der Waals surface area contributed by atoms with Gasteiger partial charge in [0.15, 0.2) is 0 Å². The Labute approximate surface area is 221 Å². The van der Waals surface area contributed by atoms with E-state index in [-0.39, 0.29) is 11.6 Å². The lowest BCUT2D eigenvalue weighted by Crippen LogP contribution is -2.43. The van der Waals surface area contributed by atoms with Gasteiger partial charge in [-0.3, -0.25) is 14.4 Å². The molecule has 12 heteroatoms. The van der Waals surface area contributed by atoms with Crippen LogP contribution >= 0.6 is 11.3 Å². The molecule has 2 aromatic carbocycles. The van der Waals surface area contributed by atoms with Crippen molar-refractivity contribution in [1.29, 1.82) is 5.26 Å². The van der Waals surface area contributed by atoms with E-state index in [9.17, 15) is 23.2 Å². The van der Waals surface area contributed by atoms with Crippen molar-refractivity contribution < 1.29 is 27.9 Å². The monoisotopic (exact) mass is 539 g/mol. The summed E-state index contributed by atoms with van der Waals surface area (Å²) < 4.78 is 32.2. The van der Waals surface area contributed by atoms with E-state index in [4.69, 9.17) is 10.00 Å². The van der Waals surface area contributed by atoms with Gasteiger partial charge >= 0.3 is 0 Å². The molecule has 2 N–H and O–H groups in total. The Bertz CT molecular complexity index is 1370. The van der Waals surface area contributed by atoms with Gasteiger partial charge in [0.2, 0.25) is 5.91 Å². The van der Waals surface area contributed by atoms with Gasteiger partial charge in [-0.25, -0.2) is 13.8 Å². The molecule has 9 nitrogen and oxygen atoms in total. The summed E-state index contributed by atoms with van der Waals surface area (Å²) in [7, 11) is 1.56. The molecule has 0 saturated carbocycles. The Morgan fingerprint density at radius 2 is 1.87 bits per heavy atom. The molecule has 3 amide bonds. The van der Waals surface area contributed by atoms with E-state index in [2.05, 4.69) is 15.6 Å². The van der Waals surface area contributed by atoms with Gasteiger partial charge in [-0.05, 0) is 42.0 Å². The number of nitrogens with zero attached hydrogens (tertiary/aromatic N) is 3. The Morgan fingerprint density at radius 1 is 1.16 bits per heavy atom. The van der Waals surface area contributed by atoms with E-state index >= 15 is 0 Å². The Morgan fingerprint density at radius 3 is 2.53 bits per heavy atom. The van der Waals surface area contributed by atoms with Gasteiger partial charge < -0.3 is 20.3 Å². The molecule has 2 heterocycles. The van der Waals surface area contributed by atoms with Crippen LogP contribution in [0.1, 0.15) is 37.8 Å². The molecule has 1 atom stereocenters. The second-order valence-corrected chi connectivity index (χ2v) is 9.53. The zero-order chi connectivity index (χ0) is 27.3. The number of carbonyl (C=O) groups is 3. The number of thiazole rings is 1. The van der Waals surface area contributed by atoms with E-state index in [1.807, 2.05) is 0 Å². The van der Waals surface area contributed by atoms with Crippen LogP contribution in [-0.4, -0.2) is 59.8 Å².